The van der Waals surface area contributed by atoms with E-state index in [4.69, 9.17) is 14.7 Å². The van der Waals surface area contributed by atoms with Crippen LogP contribution in [-0.4, -0.2) is 40.1 Å². The number of hydrogen-bond donors (Lipinski definition) is 1. The molecule has 5 rings (SSSR count). The first-order valence-corrected chi connectivity index (χ1v) is 11.8. The number of carbonyl (C=O) groups is 1. The zero-order valence-electron chi connectivity index (χ0n) is 21.0. The third-order valence-electron chi connectivity index (χ3n) is 5.73. The van der Waals surface area contributed by atoms with Gasteiger partial charge in [-0.05, 0) is 53.6 Å². The van der Waals surface area contributed by atoms with Crippen molar-refractivity contribution in [3.05, 3.63) is 103 Å². The highest BCUT2D eigenvalue weighted by atomic mass is 16.5. The van der Waals surface area contributed by atoms with E-state index >= 15 is 0 Å². The maximum Gasteiger partial charge on any atom is 0.165 e. The van der Waals surface area contributed by atoms with Crippen LogP contribution in [0.1, 0.15) is 17.2 Å². The highest BCUT2D eigenvalue weighted by molar-refractivity contribution is 5.78. The molecule has 1 unspecified atom stereocenters. The molecule has 0 fully saturated rings. The van der Waals surface area contributed by atoms with E-state index in [2.05, 4.69) is 20.4 Å². The molecule has 0 bridgehead atoms. The summed E-state index contributed by atoms with van der Waals surface area (Å²) < 4.78 is 12.0. The number of benzene rings is 2. The van der Waals surface area contributed by atoms with Gasteiger partial charge in [0.1, 0.15) is 29.5 Å². The van der Waals surface area contributed by atoms with Gasteiger partial charge < -0.3 is 19.6 Å². The topological polar surface area (TPSA) is 114 Å². The van der Waals surface area contributed by atoms with Gasteiger partial charge >= 0.3 is 0 Å². The second-order valence-electron chi connectivity index (χ2n) is 8.04. The quantitative estimate of drug-likeness (QED) is 0.295. The molecular weight excluding hydrogens is 480 g/mol. The van der Waals surface area contributed by atoms with Crippen LogP contribution < -0.4 is 14.8 Å². The van der Waals surface area contributed by atoms with E-state index < -0.39 is 5.92 Å². The van der Waals surface area contributed by atoms with Gasteiger partial charge in [-0.2, -0.15) is 14.9 Å². The number of aldehydes is 1. The van der Waals surface area contributed by atoms with E-state index in [1.54, 1.807) is 50.9 Å². The number of anilines is 1. The minimum Gasteiger partial charge on any atom is -0.497 e. The predicted molar refractivity (Wildman–Crippen MR) is 144 cm³/mol. The summed E-state index contributed by atoms with van der Waals surface area (Å²) in [6.45, 7) is 0.623. The zero-order chi connectivity index (χ0) is 26.7. The number of nitrogens with zero attached hydrogens (tertiary/aromatic N) is 5. The molecule has 0 saturated heterocycles. The Morgan fingerprint density at radius 1 is 0.947 bits per heavy atom. The van der Waals surface area contributed by atoms with Gasteiger partial charge in [-0.25, -0.2) is 4.98 Å². The largest absolute Gasteiger partial charge is 0.497 e. The molecule has 1 atom stereocenters. The lowest BCUT2D eigenvalue weighted by atomic mass is 10.0. The first-order chi connectivity index (χ1) is 18.7. The van der Waals surface area contributed by atoms with E-state index in [0.717, 1.165) is 34.0 Å². The standard InChI is InChI=1S/C19H17N5O.C10H9NO2/c1-25-16-7-5-14(6-8-16)17-13-23-24-18(9-11-21-19(17)24)22-12-15-4-2-3-10-20-15;1-13-10-4-2-8(3-5-10)9(6-11)7-12/h2-11,13,22H,12H2,1H3;2-5,7,9H,1H3. The van der Waals surface area contributed by atoms with Crippen molar-refractivity contribution < 1.29 is 14.3 Å². The number of carbonyl (C=O) groups excluding carboxylic acids is 1. The number of aromatic nitrogens is 4. The molecule has 0 aliphatic rings. The predicted octanol–water partition coefficient (Wildman–Crippen LogP) is 4.91. The van der Waals surface area contributed by atoms with Crippen molar-refractivity contribution in [2.24, 2.45) is 0 Å². The fourth-order valence-corrected chi connectivity index (χ4v) is 3.68. The Morgan fingerprint density at radius 3 is 2.26 bits per heavy atom. The number of nitrogens with one attached hydrogen (secondary N) is 1. The van der Waals surface area contributed by atoms with Gasteiger partial charge in [0.15, 0.2) is 5.65 Å². The average molecular weight is 507 g/mol. The maximum absolute atomic E-state index is 10.4. The van der Waals surface area contributed by atoms with Crippen LogP contribution in [0.25, 0.3) is 16.8 Å². The average Bonchev–Trinajstić information content (AvgIpc) is 3.43. The number of fused-ring (bicyclic) bond motifs is 1. The van der Waals surface area contributed by atoms with E-state index in [0.29, 0.717) is 24.1 Å². The number of methoxy groups -OCH3 is 2. The van der Waals surface area contributed by atoms with Gasteiger partial charge in [0, 0.05) is 18.0 Å². The lowest BCUT2D eigenvalue weighted by Gasteiger charge is -2.08. The lowest BCUT2D eigenvalue weighted by molar-refractivity contribution is -0.108. The molecule has 9 heteroatoms. The molecule has 3 heterocycles. The Bertz CT molecular complexity index is 1510. The highest BCUT2D eigenvalue weighted by Gasteiger charge is 2.11. The molecule has 3 aromatic heterocycles. The highest BCUT2D eigenvalue weighted by Crippen LogP contribution is 2.26. The fraction of sp³-hybridized carbons (Fsp3) is 0.138. The van der Waals surface area contributed by atoms with Crippen molar-refractivity contribution in [1.82, 2.24) is 19.6 Å². The van der Waals surface area contributed by atoms with Crippen LogP contribution in [0, 0.1) is 11.3 Å². The first kappa shape index (κ1) is 25.9. The third-order valence-corrected chi connectivity index (χ3v) is 5.73. The van der Waals surface area contributed by atoms with Crippen LogP contribution in [0.15, 0.2) is 91.4 Å². The third kappa shape index (κ3) is 6.12. The molecule has 0 aliphatic heterocycles. The van der Waals surface area contributed by atoms with Crippen molar-refractivity contribution in [3.8, 4) is 28.7 Å². The smallest absolute Gasteiger partial charge is 0.165 e. The van der Waals surface area contributed by atoms with Crippen LogP contribution in [-0.2, 0) is 11.3 Å². The van der Waals surface area contributed by atoms with Gasteiger partial charge in [0.25, 0.3) is 0 Å². The van der Waals surface area contributed by atoms with E-state index in [1.165, 1.54) is 0 Å². The number of nitriles is 1. The van der Waals surface area contributed by atoms with E-state index in [-0.39, 0.29) is 0 Å². The maximum atomic E-state index is 10.4. The summed E-state index contributed by atoms with van der Waals surface area (Å²) in [4.78, 5) is 19.2. The van der Waals surface area contributed by atoms with E-state index in [9.17, 15) is 4.79 Å². The minimum atomic E-state index is -0.675. The number of ether oxygens (including phenoxy) is 2. The summed E-state index contributed by atoms with van der Waals surface area (Å²) >= 11 is 0. The Hall–Kier alpha value is -5.23. The van der Waals surface area contributed by atoms with Crippen LogP contribution in [0.3, 0.4) is 0 Å². The summed E-state index contributed by atoms with van der Waals surface area (Å²) in [6, 6.07) is 24.4. The fourth-order valence-electron chi connectivity index (χ4n) is 3.68. The Balaban J connectivity index is 0.000000219. The second-order valence-corrected chi connectivity index (χ2v) is 8.04. The number of pyridine rings is 1. The molecule has 0 saturated carbocycles. The molecule has 9 nitrogen and oxygen atoms in total. The Kier molecular flexibility index (Phi) is 8.60. The van der Waals surface area contributed by atoms with Gasteiger partial charge in [0.2, 0.25) is 0 Å². The van der Waals surface area contributed by atoms with Crippen molar-refractivity contribution in [2.45, 2.75) is 12.5 Å². The number of hydrogen-bond acceptors (Lipinski definition) is 8. The molecular formula is C29H26N6O3. The molecule has 2 aromatic carbocycles. The molecule has 1 N–H and O–H groups in total. The molecule has 0 spiro atoms. The van der Waals surface area contributed by atoms with Crippen molar-refractivity contribution in [2.75, 3.05) is 19.5 Å². The van der Waals surface area contributed by atoms with Crippen molar-refractivity contribution in [3.63, 3.8) is 0 Å². The lowest BCUT2D eigenvalue weighted by Crippen LogP contribution is -2.06. The van der Waals surface area contributed by atoms with Crippen LogP contribution in [0.2, 0.25) is 0 Å². The first-order valence-electron chi connectivity index (χ1n) is 11.8. The summed E-state index contributed by atoms with van der Waals surface area (Å²) in [5.74, 6) is 1.73. The zero-order valence-corrected chi connectivity index (χ0v) is 21.0. The van der Waals surface area contributed by atoms with Gasteiger partial charge in [-0.1, -0.05) is 30.3 Å². The number of rotatable bonds is 8. The van der Waals surface area contributed by atoms with Crippen molar-refractivity contribution >= 4 is 17.8 Å². The summed E-state index contributed by atoms with van der Waals surface area (Å²) in [5, 5.41) is 16.4. The van der Waals surface area contributed by atoms with Gasteiger partial charge in [-0.15, -0.1) is 0 Å². The van der Waals surface area contributed by atoms with E-state index in [1.807, 2.05) is 65.3 Å². The molecule has 5 aromatic rings. The molecule has 0 radical (unpaired) electrons. The summed E-state index contributed by atoms with van der Waals surface area (Å²) in [5.41, 5.74) is 4.48. The molecule has 0 aliphatic carbocycles. The minimum absolute atomic E-state index is 0.623. The molecule has 38 heavy (non-hydrogen) atoms. The normalized spacial score (nSPS) is 11.0. The van der Waals surface area contributed by atoms with Gasteiger partial charge in [0.05, 0.1) is 38.7 Å². The summed E-state index contributed by atoms with van der Waals surface area (Å²) in [6.07, 6.45) is 6.03. The summed E-state index contributed by atoms with van der Waals surface area (Å²) in [7, 11) is 3.22. The SMILES string of the molecule is COc1ccc(-c2cnn3c(NCc4ccccn4)ccnc23)cc1.COc1ccc(C(C#N)C=O)cc1. The van der Waals surface area contributed by atoms with Gasteiger partial charge in [-0.3, -0.25) is 4.98 Å². The Labute approximate surface area is 220 Å². The van der Waals surface area contributed by atoms with Crippen LogP contribution >= 0.6 is 0 Å². The molecule has 190 valence electrons. The van der Waals surface area contributed by atoms with Crippen LogP contribution in [0.4, 0.5) is 5.82 Å². The monoisotopic (exact) mass is 506 g/mol. The van der Waals surface area contributed by atoms with Crippen molar-refractivity contribution in [1.29, 1.82) is 5.26 Å². The molecule has 0 amide bonds. The Morgan fingerprint density at radius 2 is 1.66 bits per heavy atom. The second kappa shape index (κ2) is 12.6. The van der Waals surface area contributed by atoms with Crippen LogP contribution in [0.5, 0.6) is 11.5 Å².